The number of benzene rings is 2. The highest BCUT2D eigenvalue weighted by Crippen LogP contribution is 2.30. The largest absolute Gasteiger partial charge is 0.495 e. The molecule has 5 nitrogen and oxygen atoms in total. The molecule has 2 aromatic carbocycles. The third-order valence-electron chi connectivity index (χ3n) is 4.38. The van der Waals surface area contributed by atoms with Crippen LogP contribution in [0.1, 0.15) is 17.3 Å². The minimum atomic E-state index is -0.615. The zero-order valence-electron chi connectivity index (χ0n) is 14.1. The van der Waals surface area contributed by atoms with Crippen LogP contribution < -0.4 is 9.64 Å². The molecule has 1 saturated heterocycles. The molecule has 130 valence electrons. The molecular weight excluding hydrogens is 323 g/mol. The third-order valence-corrected chi connectivity index (χ3v) is 4.38. The van der Waals surface area contributed by atoms with Crippen LogP contribution in [0.15, 0.2) is 48.5 Å². The highest BCUT2D eigenvalue weighted by molar-refractivity contribution is 6.04. The molecule has 6 heteroatoms. The number of hydrogen-bond donors (Lipinski definition) is 0. The normalized spacial score (nSPS) is 17.6. The molecule has 2 aromatic rings. The Bertz CT molecular complexity index is 792. The van der Waals surface area contributed by atoms with E-state index in [-0.39, 0.29) is 11.8 Å². The molecule has 0 radical (unpaired) electrons. The van der Waals surface area contributed by atoms with Crippen molar-refractivity contribution in [3.63, 3.8) is 0 Å². The number of halogens is 1. The topological polar surface area (TPSA) is 49.9 Å². The number of para-hydroxylation sites is 2. The van der Waals surface area contributed by atoms with Gasteiger partial charge in [-0.05, 0) is 43.3 Å². The van der Waals surface area contributed by atoms with E-state index in [4.69, 9.17) is 4.74 Å². The second-order valence-electron chi connectivity index (χ2n) is 5.84. The van der Waals surface area contributed by atoms with E-state index in [0.717, 1.165) is 0 Å². The number of amides is 2. The first kappa shape index (κ1) is 17.0. The van der Waals surface area contributed by atoms with Gasteiger partial charge in [0.25, 0.3) is 5.91 Å². The molecule has 0 bridgehead atoms. The van der Waals surface area contributed by atoms with Crippen molar-refractivity contribution in [1.82, 2.24) is 4.90 Å². The standard InChI is InChI=1S/C19H19FN2O3/c1-13-18(23)22(16-5-3-4-6-17(16)25-2)12-11-21(13)19(24)14-7-9-15(20)10-8-14/h3-10,13H,11-12H2,1-2H3/t13-/m1/s1. The van der Waals surface area contributed by atoms with Gasteiger partial charge in [-0.2, -0.15) is 0 Å². The first-order valence-corrected chi connectivity index (χ1v) is 8.04. The maximum absolute atomic E-state index is 13.0. The summed E-state index contributed by atoms with van der Waals surface area (Å²) < 4.78 is 18.4. The SMILES string of the molecule is COc1ccccc1N1CCN(C(=O)c2ccc(F)cc2)[C@H](C)C1=O. The molecule has 25 heavy (non-hydrogen) atoms. The van der Waals surface area contributed by atoms with Gasteiger partial charge in [-0.15, -0.1) is 0 Å². The minimum Gasteiger partial charge on any atom is -0.495 e. The highest BCUT2D eigenvalue weighted by Gasteiger charge is 2.36. The molecule has 1 aliphatic rings. The highest BCUT2D eigenvalue weighted by atomic mass is 19.1. The Labute approximate surface area is 145 Å². The number of piperazine rings is 1. The lowest BCUT2D eigenvalue weighted by atomic mass is 10.1. The van der Waals surface area contributed by atoms with Crippen molar-refractivity contribution in [1.29, 1.82) is 0 Å². The molecule has 2 amide bonds. The predicted molar refractivity (Wildman–Crippen MR) is 92.2 cm³/mol. The van der Waals surface area contributed by atoms with Crippen molar-refractivity contribution in [3.05, 3.63) is 59.9 Å². The van der Waals surface area contributed by atoms with Gasteiger partial charge in [0.2, 0.25) is 5.91 Å². The summed E-state index contributed by atoms with van der Waals surface area (Å²) >= 11 is 0. The first-order chi connectivity index (χ1) is 12.0. The molecule has 3 rings (SSSR count). The summed E-state index contributed by atoms with van der Waals surface area (Å²) in [4.78, 5) is 28.6. The number of carbonyl (C=O) groups is 2. The summed E-state index contributed by atoms with van der Waals surface area (Å²) in [6.45, 7) is 2.46. The van der Waals surface area contributed by atoms with Crippen molar-refractivity contribution in [3.8, 4) is 5.75 Å². The van der Waals surface area contributed by atoms with E-state index in [2.05, 4.69) is 0 Å². The van der Waals surface area contributed by atoms with Crippen LogP contribution in [-0.2, 0) is 4.79 Å². The number of nitrogens with zero attached hydrogens (tertiary/aromatic N) is 2. The third kappa shape index (κ3) is 3.20. The van der Waals surface area contributed by atoms with Crippen molar-refractivity contribution >= 4 is 17.5 Å². The molecule has 1 aliphatic heterocycles. The van der Waals surface area contributed by atoms with E-state index in [1.165, 1.54) is 29.2 Å². The molecular formula is C19H19FN2O3. The number of hydrogen-bond acceptors (Lipinski definition) is 3. The van der Waals surface area contributed by atoms with Gasteiger partial charge in [0.05, 0.1) is 12.8 Å². The van der Waals surface area contributed by atoms with Crippen LogP contribution in [0.3, 0.4) is 0 Å². The van der Waals surface area contributed by atoms with Gasteiger partial charge in [0, 0.05) is 18.7 Å². The molecule has 0 aliphatic carbocycles. The van der Waals surface area contributed by atoms with Crippen LogP contribution in [0, 0.1) is 5.82 Å². The molecule has 1 heterocycles. The fourth-order valence-corrected chi connectivity index (χ4v) is 3.00. The Balaban J connectivity index is 1.82. The number of anilines is 1. The van der Waals surface area contributed by atoms with Crippen LogP contribution in [0.2, 0.25) is 0 Å². The summed E-state index contributed by atoms with van der Waals surface area (Å²) in [5, 5.41) is 0. The van der Waals surface area contributed by atoms with E-state index in [1.54, 1.807) is 25.0 Å². The summed E-state index contributed by atoms with van der Waals surface area (Å²) in [7, 11) is 1.56. The van der Waals surface area contributed by atoms with E-state index in [0.29, 0.717) is 30.1 Å². The predicted octanol–water partition coefficient (Wildman–Crippen LogP) is 2.71. The van der Waals surface area contributed by atoms with Gasteiger partial charge in [0.1, 0.15) is 17.6 Å². The summed E-state index contributed by atoms with van der Waals surface area (Å²) in [5.41, 5.74) is 1.06. The Morgan fingerprint density at radius 3 is 2.48 bits per heavy atom. The van der Waals surface area contributed by atoms with Crippen molar-refractivity contribution < 1.29 is 18.7 Å². The zero-order valence-corrected chi connectivity index (χ0v) is 14.1. The van der Waals surface area contributed by atoms with E-state index < -0.39 is 11.9 Å². The van der Waals surface area contributed by atoms with Crippen molar-refractivity contribution in [2.45, 2.75) is 13.0 Å². The van der Waals surface area contributed by atoms with Crippen LogP contribution >= 0.6 is 0 Å². The van der Waals surface area contributed by atoms with Gasteiger partial charge >= 0.3 is 0 Å². The quantitative estimate of drug-likeness (QED) is 0.862. The molecule has 0 spiro atoms. The Hall–Kier alpha value is -2.89. The Morgan fingerprint density at radius 2 is 1.80 bits per heavy atom. The maximum Gasteiger partial charge on any atom is 0.254 e. The molecule has 0 saturated carbocycles. The maximum atomic E-state index is 13.0. The zero-order chi connectivity index (χ0) is 18.0. The van der Waals surface area contributed by atoms with Gasteiger partial charge in [-0.3, -0.25) is 9.59 Å². The summed E-state index contributed by atoms with van der Waals surface area (Å²) in [6, 6.07) is 12.0. The van der Waals surface area contributed by atoms with Gasteiger partial charge in [-0.1, -0.05) is 12.1 Å². The number of methoxy groups -OCH3 is 1. The molecule has 0 unspecified atom stereocenters. The van der Waals surface area contributed by atoms with E-state index >= 15 is 0 Å². The summed E-state index contributed by atoms with van der Waals surface area (Å²) in [6.07, 6.45) is 0. The van der Waals surface area contributed by atoms with Gasteiger partial charge in [-0.25, -0.2) is 4.39 Å². The van der Waals surface area contributed by atoms with Crippen molar-refractivity contribution in [2.24, 2.45) is 0 Å². The number of ether oxygens (including phenoxy) is 1. The summed E-state index contributed by atoms with van der Waals surface area (Å²) in [5.74, 6) is -0.241. The second kappa shape index (κ2) is 6.93. The van der Waals surface area contributed by atoms with Gasteiger partial charge < -0.3 is 14.5 Å². The number of carbonyl (C=O) groups excluding carboxylic acids is 2. The fraction of sp³-hybridized carbons (Fsp3) is 0.263. The lowest BCUT2D eigenvalue weighted by Gasteiger charge is -2.39. The van der Waals surface area contributed by atoms with Crippen LogP contribution in [0.5, 0.6) is 5.75 Å². The van der Waals surface area contributed by atoms with E-state index in [1.807, 2.05) is 18.2 Å². The average Bonchev–Trinajstić information content (AvgIpc) is 2.64. The van der Waals surface area contributed by atoms with Crippen molar-refractivity contribution in [2.75, 3.05) is 25.1 Å². The van der Waals surface area contributed by atoms with Crippen LogP contribution in [0.25, 0.3) is 0 Å². The average molecular weight is 342 g/mol. The lowest BCUT2D eigenvalue weighted by Crippen LogP contribution is -2.57. The smallest absolute Gasteiger partial charge is 0.254 e. The molecule has 0 aromatic heterocycles. The fourth-order valence-electron chi connectivity index (χ4n) is 3.00. The van der Waals surface area contributed by atoms with Crippen LogP contribution in [0.4, 0.5) is 10.1 Å². The number of rotatable bonds is 3. The minimum absolute atomic E-state index is 0.175. The molecule has 1 fully saturated rings. The molecule has 0 N–H and O–H groups in total. The van der Waals surface area contributed by atoms with Gasteiger partial charge in [0.15, 0.2) is 0 Å². The van der Waals surface area contributed by atoms with E-state index in [9.17, 15) is 14.0 Å². The Morgan fingerprint density at radius 1 is 1.12 bits per heavy atom. The lowest BCUT2D eigenvalue weighted by molar-refractivity contribution is -0.124. The second-order valence-corrected chi connectivity index (χ2v) is 5.84. The monoisotopic (exact) mass is 342 g/mol. The molecule has 1 atom stereocenters. The Kier molecular flexibility index (Phi) is 4.70. The van der Waals surface area contributed by atoms with Crippen LogP contribution in [-0.4, -0.2) is 43.0 Å². The first-order valence-electron chi connectivity index (χ1n) is 8.04.